The van der Waals surface area contributed by atoms with Crippen LogP contribution in [0.25, 0.3) is 0 Å². The number of aromatic nitrogens is 2. The van der Waals surface area contributed by atoms with Crippen LogP contribution in [-0.4, -0.2) is 87.7 Å². The van der Waals surface area contributed by atoms with Gasteiger partial charge in [-0.15, -0.1) is 0 Å². The summed E-state index contributed by atoms with van der Waals surface area (Å²) in [6, 6.07) is -0.131. The van der Waals surface area contributed by atoms with E-state index in [1.54, 1.807) is 17.3 Å². The maximum Gasteiger partial charge on any atom is 0.498 e. The number of hydrogen-bond acceptors (Lipinski definition) is 8. The Morgan fingerprint density at radius 3 is 2.32 bits per heavy atom. The van der Waals surface area contributed by atoms with E-state index >= 15 is 0 Å². The van der Waals surface area contributed by atoms with Gasteiger partial charge in [-0.05, 0) is 34.6 Å². The Kier molecular flexibility index (Phi) is 5.68. The Labute approximate surface area is 165 Å². The summed E-state index contributed by atoms with van der Waals surface area (Å²) in [5.41, 5.74) is -0.0861. The molecule has 1 amide bonds. The van der Waals surface area contributed by atoms with E-state index in [2.05, 4.69) is 9.97 Å². The molecule has 10 heteroatoms. The molecular formula is C18H29BN4O5. The summed E-state index contributed by atoms with van der Waals surface area (Å²) in [4.78, 5) is 24.6. The summed E-state index contributed by atoms with van der Waals surface area (Å²) in [7, 11) is -0.507. The summed E-state index contributed by atoms with van der Waals surface area (Å²) in [5.74, 6) is 0.119. The lowest BCUT2D eigenvalue weighted by Gasteiger charge is -2.40. The standard InChI is InChI=1S/C18H29BN4O5/c1-12-10-22(6-7-23(12)15(26)14(25)11-24)16-20-8-13(9-21-16)19-27-17(2,3)18(4,5)28-19/h8-9,12,14,24-25H,6-7,10-11H2,1-5H3/t12-,14+/m1/s1. The van der Waals surface area contributed by atoms with Crippen LogP contribution in [0, 0.1) is 0 Å². The molecule has 3 heterocycles. The van der Waals surface area contributed by atoms with Crippen molar-refractivity contribution in [3.63, 3.8) is 0 Å². The second kappa shape index (κ2) is 7.59. The van der Waals surface area contributed by atoms with Crippen LogP contribution in [-0.2, 0) is 14.1 Å². The largest absolute Gasteiger partial charge is 0.498 e. The first-order valence-electron chi connectivity index (χ1n) is 9.57. The van der Waals surface area contributed by atoms with Gasteiger partial charge in [0.2, 0.25) is 5.95 Å². The van der Waals surface area contributed by atoms with Gasteiger partial charge in [-0.2, -0.15) is 0 Å². The number of aliphatic hydroxyl groups excluding tert-OH is 2. The third-order valence-electron chi connectivity index (χ3n) is 5.84. The average molecular weight is 392 g/mol. The predicted molar refractivity (Wildman–Crippen MR) is 104 cm³/mol. The van der Waals surface area contributed by atoms with Crippen LogP contribution >= 0.6 is 0 Å². The molecule has 2 N–H and O–H groups in total. The second-order valence-electron chi connectivity index (χ2n) is 8.43. The van der Waals surface area contributed by atoms with Crippen LogP contribution in [0.1, 0.15) is 34.6 Å². The molecule has 2 aliphatic heterocycles. The molecule has 0 spiro atoms. The Morgan fingerprint density at radius 2 is 1.82 bits per heavy atom. The van der Waals surface area contributed by atoms with Gasteiger partial charge in [-0.25, -0.2) is 9.97 Å². The van der Waals surface area contributed by atoms with Crippen LogP contribution in [0.3, 0.4) is 0 Å². The lowest BCUT2D eigenvalue weighted by Crippen LogP contribution is -2.57. The SMILES string of the molecule is C[C@@H]1CN(c2ncc(B3OC(C)(C)C(C)(C)O3)cn2)CCN1C(=O)[C@@H](O)CO. The topological polar surface area (TPSA) is 108 Å². The fourth-order valence-corrected chi connectivity index (χ4v) is 3.33. The molecule has 2 saturated heterocycles. The second-order valence-corrected chi connectivity index (χ2v) is 8.43. The zero-order valence-electron chi connectivity index (χ0n) is 17.1. The molecule has 9 nitrogen and oxygen atoms in total. The van der Waals surface area contributed by atoms with Crippen molar-refractivity contribution in [2.24, 2.45) is 0 Å². The van der Waals surface area contributed by atoms with E-state index < -0.39 is 36.9 Å². The fourth-order valence-electron chi connectivity index (χ4n) is 3.33. The van der Waals surface area contributed by atoms with Gasteiger partial charge in [0.1, 0.15) is 0 Å². The predicted octanol–water partition coefficient (Wildman–Crippen LogP) is -0.834. The number of nitrogens with zero attached hydrogens (tertiary/aromatic N) is 4. The van der Waals surface area contributed by atoms with Crippen LogP contribution in [0.2, 0.25) is 0 Å². The molecule has 0 radical (unpaired) electrons. The third kappa shape index (κ3) is 3.87. The van der Waals surface area contributed by atoms with Crippen molar-refractivity contribution in [2.75, 3.05) is 31.1 Å². The monoisotopic (exact) mass is 392 g/mol. The van der Waals surface area contributed by atoms with E-state index in [0.29, 0.717) is 25.6 Å². The maximum absolute atomic E-state index is 12.1. The van der Waals surface area contributed by atoms with Crippen molar-refractivity contribution in [3.05, 3.63) is 12.4 Å². The highest BCUT2D eigenvalue weighted by Gasteiger charge is 2.52. The molecule has 2 aliphatic rings. The molecule has 154 valence electrons. The maximum atomic E-state index is 12.1. The number of rotatable bonds is 4. The van der Waals surface area contributed by atoms with E-state index in [4.69, 9.17) is 14.4 Å². The smallest absolute Gasteiger partial charge is 0.399 e. The highest BCUT2D eigenvalue weighted by atomic mass is 16.7. The first kappa shape index (κ1) is 21.0. The molecule has 1 aromatic rings. The third-order valence-corrected chi connectivity index (χ3v) is 5.84. The summed E-state index contributed by atoms with van der Waals surface area (Å²) >= 11 is 0. The first-order chi connectivity index (χ1) is 13.1. The van der Waals surface area contributed by atoms with Gasteiger partial charge in [0, 0.05) is 43.5 Å². The number of amides is 1. The minimum atomic E-state index is -1.37. The molecule has 3 rings (SSSR count). The van der Waals surface area contributed by atoms with Crippen LogP contribution in [0.5, 0.6) is 0 Å². The Bertz CT molecular complexity index is 698. The Balaban J connectivity index is 1.65. The van der Waals surface area contributed by atoms with Gasteiger partial charge in [-0.1, -0.05) is 0 Å². The van der Waals surface area contributed by atoms with Gasteiger partial charge in [-0.3, -0.25) is 4.79 Å². The average Bonchev–Trinajstić information content (AvgIpc) is 2.88. The number of anilines is 1. The summed E-state index contributed by atoms with van der Waals surface area (Å²) in [6.07, 6.45) is 2.05. The van der Waals surface area contributed by atoms with E-state index in [0.717, 1.165) is 5.46 Å². The molecule has 0 aliphatic carbocycles. The molecule has 0 saturated carbocycles. The van der Waals surface area contributed by atoms with Gasteiger partial charge in [0.15, 0.2) is 6.10 Å². The van der Waals surface area contributed by atoms with E-state index in [1.165, 1.54) is 0 Å². The molecule has 2 atom stereocenters. The van der Waals surface area contributed by atoms with Crippen LogP contribution in [0.4, 0.5) is 5.95 Å². The minimum Gasteiger partial charge on any atom is -0.399 e. The number of carbonyl (C=O) groups excluding carboxylic acids is 1. The lowest BCUT2D eigenvalue weighted by atomic mass is 9.81. The number of piperazine rings is 1. The molecule has 2 fully saturated rings. The molecule has 0 aromatic carbocycles. The normalized spacial score (nSPS) is 25.1. The Hall–Kier alpha value is -1.75. The van der Waals surface area contributed by atoms with Crippen molar-refractivity contribution >= 4 is 24.4 Å². The van der Waals surface area contributed by atoms with Gasteiger partial charge in [0.25, 0.3) is 5.91 Å². The number of hydrogen-bond donors (Lipinski definition) is 2. The Morgan fingerprint density at radius 1 is 1.25 bits per heavy atom. The fraction of sp³-hybridized carbons (Fsp3) is 0.722. The molecule has 0 unspecified atom stereocenters. The molecular weight excluding hydrogens is 363 g/mol. The van der Waals surface area contributed by atoms with Crippen molar-refractivity contribution in [1.82, 2.24) is 14.9 Å². The zero-order valence-corrected chi connectivity index (χ0v) is 17.1. The van der Waals surface area contributed by atoms with Crippen molar-refractivity contribution in [3.8, 4) is 0 Å². The lowest BCUT2D eigenvalue weighted by molar-refractivity contribution is -0.144. The van der Waals surface area contributed by atoms with Crippen LogP contribution in [0.15, 0.2) is 12.4 Å². The zero-order chi connectivity index (χ0) is 20.7. The number of carbonyl (C=O) groups is 1. The molecule has 0 bridgehead atoms. The van der Waals surface area contributed by atoms with Gasteiger partial charge >= 0.3 is 7.12 Å². The molecule has 28 heavy (non-hydrogen) atoms. The van der Waals surface area contributed by atoms with Gasteiger partial charge < -0.3 is 29.3 Å². The van der Waals surface area contributed by atoms with Crippen LogP contribution < -0.4 is 10.4 Å². The van der Waals surface area contributed by atoms with E-state index in [-0.39, 0.29) is 6.04 Å². The van der Waals surface area contributed by atoms with Crippen molar-refractivity contribution in [1.29, 1.82) is 0 Å². The molecule has 1 aromatic heterocycles. The summed E-state index contributed by atoms with van der Waals surface area (Å²) in [6.45, 7) is 10.8. The highest BCUT2D eigenvalue weighted by molar-refractivity contribution is 6.61. The first-order valence-corrected chi connectivity index (χ1v) is 9.57. The van der Waals surface area contributed by atoms with Gasteiger partial charge in [0.05, 0.1) is 17.8 Å². The highest BCUT2D eigenvalue weighted by Crippen LogP contribution is 2.36. The van der Waals surface area contributed by atoms with Crippen molar-refractivity contribution < 1.29 is 24.3 Å². The quantitative estimate of drug-likeness (QED) is 0.640. The van der Waals surface area contributed by atoms with E-state index in [9.17, 15) is 9.90 Å². The summed E-state index contributed by atoms with van der Waals surface area (Å²) in [5, 5.41) is 18.6. The number of aliphatic hydroxyl groups is 2. The van der Waals surface area contributed by atoms with E-state index in [1.807, 2.05) is 39.5 Å². The minimum absolute atomic E-state index is 0.131. The van der Waals surface area contributed by atoms with Crippen molar-refractivity contribution in [2.45, 2.75) is 58.0 Å². The summed E-state index contributed by atoms with van der Waals surface area (Å²) < 4.78 is 12.0.